The fourth-order valence-electron chi connectivity index (χ4n) is 2.98. The normalized spacial score (nSPS) is 16.6. The Morgan fingerprint density at radius 1 is 1.28 bits per heavy atom. The third-order valence-corrected chi connectivity index (χ3v) is 4.88. The molecule has 0 bridgehead atoms. The maximum absolute atomic E-state index is 12.2. The SMILES string of the molecule is CSc1ccc(C(=O)NC(C)CN2CCN(c3ccccn3)CC2)o1. The highest BCUT2D eigenvalue weighted by Gasteiger charge is 2.21. The summed E-state index contributed by atoms with van der Waals surface area (Å²) in [5.41, 5.74) is 0. The van der Waals surface area contributed by atoms with Crippen molar-refractivity contribution in [2.75, 3.05) is 43.9 Å². The van der Waals surface area contributed by atoms with Crippen LogP contribution < -0.4 is 10.2 Å². The van der Waals surface area contributed by atoms with E-state index >= 15 is 0 Å². The molecule has 2 aromatic heterocycles. The molecule has 1 aliphatic heterocycles. The number of amides is 1. The van der Waals surface area contributed by atoms with Crippen LogP contribution in [0.5, 0.6) is 0 Å². The highest BCUT2D eigenvalue weighted by molar-refractivity contribution is 7.98. The van der Waals surface area contributed by atoms with Gasteiger partial charge in [0.25, 0.3) is 5.91 Å². The standard InChI is InChI=1S/C18H24N4O2S/c1-14(20-18(23)15-6-7-17(24-15)25-2)13-21-9-11-22(12-10-21)16-5-3-4-8-19-16/h3-8,14H,9-13H2,1-2H3,(H,20,23). The number of anilines is 1. The first-order valence-electron chi connectivity index (χ1n) is 8.48. The maximum atomic E-state index is 12.2. The average Bonchev–Trinajstić information content (AvgIpc) is 3.12. The Morgan fingerprint density at radius 2 is 2.08 bits per heavy atom. The first-order chi connectivity index (χ1) is 12.2. The van der Waals surface area contributed by atoms with Crippen molar-refractivity contribution in [2.24, 2.45) is 0 Å². The predicted molar refractivity (Wildman–Crippen MR) is 100 cm³/mol. The zero-order chi connectivity index (χ0) is 17.6. The van der Waals surface area contributed by atoms with Crippen molar-refractivity contribution in [1.82, 2.24) is 15.2 Å². The van der Waals surface area contributed by atoms with Gasteiger partial charge in [0.15, 0.2) is 10.9 Å². The number of piperazine rings is 1. The number of nitrogens with one attached hydrogen (secondary N) is 1. The van der Waals surface area contributed by atoms with Gasteiger partial charge in [-0.1, -0.05) is 17.8 Å². The van der Waals surface area contributed by atoms with E-state index in [4.69, 9.17) is 4.42 Å². The number of carbonyl (C=O) groups excluding carboxylic acids is 1. The Bertz CT molecular complexity index is 683. The Balaban J connectivity index is 1.44. The molecule has 0 aliphatic carbocycles. The van der Waals surface area contributed by atoms with E-state index in [0.717, 1.165) is 43.6 Å². The fourth-order valence-corrected chi connectivity index (χ4v) is 3.36. The lowest BCUT2D eigenvalue weighted by molar-refractivity contribution is 0.0895. The summed E-state index contributed by atoms with van der Waals surface area (Å²) in [5.74, 6) is 1.25. The quantitative estimate of drug-likeness (QED) is 0.798. The van der Waals surface area contributed by atoms with E-state index in [1.54, 1.807) is 6.07 Å². The molecule has 1 unspecified atom stereocenters. The highest BCUT2D eigenvalue weighted by Crippen LogP contribution is 2.18. The number of rotatable bonds is 6. The molecular formula is C18H24N4O2S. The number of hydrogen-bond donors (Lipinski definition) is 1. The van der Waals surface area contributed by atoms with Crippen LogP contribution in [0.15, 0.2) is 46.0 Å². The number of hydrogen-bond acceptors (Lipinski definition) is 6. The van der Waals surface area contributed by atoms with Crippen LogP contribution in [0.3, 0.4) is 0 Å². The van der Waals surface area contributed by atoms with E-state index in [-0.39, 0.29) is 11.9 Å². The molecule has 3 rings (SSSR count). The van der Waals surface area contributed by atoms with Gasteiger partial charge in [0, 0.05) is 45.0 Å². The topological polar surface area (TPSA) is 61.6 Å². The summed E-state index contributed by atoms with van der Waals surface area (Å²) in [4.78, 5) is 21.3. The average molecular weight is 360 g/mol. The second-order valence-electron chi connectivity index (χ2n) is 6.17. The molecule has 1 aliphatic rings. The molecule has 134 valence electrons. The van der Waals surface area contributed by atoms with Crippen molar-refractivity contribution in [3.63, 3.8) is 0 Å². The van der Waals surface area contributed by atoms with E-state index in [0.29, 0.717) is 5.76 Å². The Kier molecular flexibility index (Phi) is 5.99. The third kappa shape index (κ3) is 4.76. The minimum atomic E-state index is -0.153. The van der Waals surface area contributed by atoms with Crippen LogP contribution in [0.1, 0.15) is 17.5 Å². The zero-order valence-corrected chi connectivity index (χ0v) is 15.5. The van der Waals surface area contributed by atoms with Crippen molar-refractivity contribution in [1.29, 1.82) is 0 Å². The molecule has 1 saturated heterocycles. The molecule has 25 heavy (non-hydrogen) atoms. The molecule has 0 spiro atoms. The lowest BCUT2D eigenvalue weighted by Crippen LogP contribution is -2.51. The van der Waals surface area contributed by atoms with E-state index in [9.17, 15) is 4.79 Å². The number of pyridine rings is 1. The molecule has 1 fully saturated rings. The molecular weight excluding hydrogens is 336 g/mol. The van der Waals surface area contributed by atoms with Gasteiger partial charge in [0.2, 0.25) is 0 Å². The van der Waals surface area contributed by atoms with Crippen LogP contribution in [0.4, 0.5) is 5.82 Å². The summed E-state index contributed by atoms with van der Waals surface area (Å²) in [6.45, 7) is 6.70. The van der Waals surface area contributed by atoms with Gasteiger partial charge in [-0.2, -0.15) is 0 Å². The van der Waals surface area contributed by atoms with Crippen LogP contribution in [0, 0.1) is 0 Å². The number of carbonyl (C=O) groups is 1. The molecule has 2 aromatic rings. The van der Waals surface area contributed by atoms with Crippen LogP contribution in [-0.2, 0) is 0 Å². The smallest absolute Gasteiger partial charge is 0.287 e. The van der Waals surface area contributed by atoms with Gasteiger partial charge in [0.1, 0.15) is 5.82 Å². The molecule has 7 heteroatoms. The molecule has 1 amide bonds. The highest BCUT2D eigenvalue weighted by atomic mass is 32.2. The van der Waals surface area contributed by atoms with Crippen molar-refractivity contribution in [3.05, 3.63) is 42.3 Å². The summed E-state index contributed by atoms with van der Waals surface area (Å²) in [5, 5.41) is 3.77. The van der Waals surface area contributed by atoms with Crippen molar-refractivity contribution in [2.45, 2.75) is 18.1 Å². The second kappa shape index (κ2) is 8.40. The summed E-state index contributed by atoms with van der Waals surface area (Å²) in [6.07, 6.45) is 3.75. The Hall–Kier alpha value is -1.99. The minimum absolute atomic E-state index is 0.0664. The zero-order valence-electron chi connectivity index (χ0n) is 14.6. The lowest BCUT2D eigenvalue weighted by Gasteiger charge is -2.36. The van der Waals surface area contributed by atoms with E-state index in [1.807, 2.05) is 43.6 Å². The van der Waals surface area contributed by atoms with Gasteiger partial charge in [-0.05, 0) is 37.4 Å². The molecule has 1 N–H and O–H groups in total. The number of thioether (sulfide) groups is 1. The predicted octanol–water partition coefficient (Wildman–Crippen LogP) is 2.34. The Morgan fingerprint density at radius 3 is 2.72 bits per heavy atom. The number of aromatic nitrogens is 1. The molecule has 0 saturated carbocycles. The lowest BCUT2D eigenvalue weighted by atomic mass is 10.2. The molecule has 1 atom stereocenters. The van der Waals surface area contributed by atoms with Gasteiger partial charge in [0.05, 0.1) is 0 Å². The molecule has 6 nitrogen and oxygen atoms in total. The first-order valence-corrected chi connectivity index (χ1v) is 9.71. The monoisotopic (exact) mass is 360 g/mol. The Labute approximate surface area is 152 Å². The van der Waals surface area contributed by atoms with Crippen molar-refractivity contribution >= 4 is 23.5 Å². The van der Waals surface area contributed by atoms with Gasteiger partial charge < -0.3 is 14.6 Å². The summed E-state index contributed by atoms with van der Waals surface area (Å²) in [6, 6.07) is 9.61. The van der Waals surface area contributed by atoms with Crippen LogP contribution in [0.2, 0.25) is 0 Å². The summed E-state index contributed by atoms with van der Waals surface area (Å²) >= 11 is 1.49. The minimum Gasteiger partial charge on any atom is -0.445 e. The van der Waals surface area contributed by atoms with Gasteiger partial charge in [-0.3, -0.25) is 9.69 Å². The number of nitrogens with zero attached hydrogens (tertiary/aromatic N) is 3. The largest absolute Gasteiger partial charge is 0.445 e. The van der Waals surface area contributed by atoms with Crippen LogP contribution >= 0.6 is 11.8 Å². The molecule has 0 aromatic carbocycles. The fraction of sp³-hybridized carbons (Fsp3) is 0.444. The van der Waals surface area contributed by atoms with Gasteiger partial charge >= 0.3 is 0 Å². The van der Waals surface area contributed by atoms with Crippen LogP contribution in [0.25, 0.3) is 0 Å². The van der Waals surface area contributed by atoms with Crippen molar-refractivity contribution < 1.29 is 9.21 Å². The first kappa shape index (κ1) is 17.8. The van der Waals surface area contributed by atoms with E-state index < -0.39 is 0 Å². The molecule has 0 radical (unpaired) electrons. The summed E-state index contributed by atoms with van der Waals surface area (Å²) < 4.78 is 5.47. The van der Waals surface area contributed by atoms with Gasteiger partial charge in [-0.15, -0.1) is 0 Å². The van der Waals surface area contributed by atoms with E-state index in [1.165, 1.54) is 11.8 Å². The van der Waals surface area contributed by atoms with Crippen LogP contribution in [-0.4, -0.2) is 60.8 Å². The molecule has 3 heterocycles. The number of furan rings is 1. The van der Waals surface area contributed by atoms with Crippen molar-refractivity contribution in [3.8, 4) is 0 Å². The summed E-state index contributed by atoms with van der Waals surface area (Å²) in [7, 11) is 0. The van der Waals surface area contributed by atoms with Gasteiger partial charge in [-0.25, -0.2) is 4.98 Å². The third-order valence-electron chi connectivity index (χ3n) is 4.26. The second-order valence-corrected chi connectivity index (χ2v) is 6.98. The maximum Gasteiger partial charge on any atom is 0.287 e. The van der Waals surface area contributed by atoms with E-state index in [2.05, 4.69) is 20.1 Å².